The number of nitrogens with two attached hydrogens (primary N) is 1. The van der Waals surface area contributed by atoms with Gasteiger partial charge in [0.2, 0.25) is 0 Å². The van der Waals surface area contributed by atoms with Crippen LogP contribution in [0.1, 0.15) is 126 Å². The van der Waals surface area contributed by atoms with Gasteiger partial charge in [-0.25, -0.2) is 18.5 Å². The third-order valence-corrected chi connectivity index (χ3v) is 10.7. The van der Waals surface area contributed by atoms with E-state index in [0.29, 0.717) is 30.7 Å². The van der Waals surface area contributed by atoms with Crippen LogP contribution in [-0.4, -0.2) is 58.1 Å². The van der Waals surface area contributed by atoms with E-state index in [1.54, 1.807) is 12.1 Å². The van der Waals surface area contributed by atoms with E-state index < -0.39 is 31.4 Å². The smallest absolute Gasteiger partial charge is 0.382 e. The van der Waals surface area contributed by atoms with Crippen LogP contribution in [0, 0.1) is 28.5 Å². The van der Waals surface area contributed by atoms with Gasteiger partial charge >= 0.3 is 7.82 Å². The van der Waals surface area contributed by atoms with Crippen LogP contribution < -0.4 is 5.73 Å². The van der Waals surface area contributed by atoms with Gasteiger partial charge in [0.25, 0.3) is 0 Å². The number of nitrogen functional groups attached to an aromatic ring is 1. The summed E-state index contributed by atoms with van der Waals surface area (Å²) < 4.78 is 57.3. The maximum atomic E-state index is 14.5. The molecule has 0 saturated carbocycles. The summed E-state index contributed by atoms with van der Waals surface area (Å²) in [6.07, 6.45) is 18.0. The highest BCUT2D eigenvalue weighted by molar-refractivity contribution is 7.47. The molecule has 15 heteroatoms. The number of halogens is 1. The maximum Gasteiger partial charge on any atom is 0.472 e. The summed E-state index contributed by atoms with van der Waals surface area (Å²) in [5, 5.41) is 23.4. The molecule has 1 saturated heterocycles. The minimum Gasteiger partial charge on any atom is -0.382 e. The van der Waals surface area contributed by atoms with Gasteiger partial charge in [-0.2, -0.15) is 15.6 Å². The van der Waals surface area contributed by atoms with Crippen molar-refractivity contribution in [2.24, 2.45) is 0 Å². The number of fused-ring (bicyclic) bond motifs is 1. The number of hydrogen-bond donors (Lipinski definition) is 2. The van der Waals surface area contributed by atoms with Crippen LogP contribution in [0.4, 0.5) is 10.2 Å². The van der Waals surface area contributed by atoms with Crippen LogP contribution >= 0.6 is 7.82 Å². The Hall–Kier alpha value is -3.46. The third kappa shape index (κ3) is 13.7. The molecule has 1 aromatic carbocycles. The number of hydrogen-bond acceptors (Lipinski definition) is 11. The molecule has 1 aliphatic rings. The largest absolute Gasteiger partial charge is 0.472 e. The van der Waals surface area contributed by atoms with Crippen LogP contribution in [0.25, 0.3) is 5.52 Å². The fraction of sp³-hybridized carbons (Fsp3) is 0.641. The van der Waals surface area contributed by atoms with E-state index in [2.05, 4.69) is 23.1 Å². The van der Waals surface area contributed by atoms with E-state index in [-0.39, 0.29) is 43.4 Å². The predicted octanol–water partition coefficient (Wildman–Crippen LogP) is 8.44. The van der Waals surface area contributed by atoms with E-state index in [0.717, 1.165) is 25.3 Å². The highest BCUT2D eigenvalue weighted by Gasteiger charge is 2.45. The molecule has 0 amide bonds. The average Bonchev–Trinajstić information content (AvgIpc) is 3.81. The van der Waals surface area contributed by atoms with Crippen molar-refractivity contribution >= 4 is 19.2 Å². The molecule has 0 spiro atoms. The fourth-order valence-corrected chi connectivity index (χ4v) is 7.35. The lowest BCUT2D eigenvalue weighted by molar-refractivity contribution is -0.0565. The first kappa shape index (κ1) is 43.3. The van der Waals surface area contributed by atoms with Crippen molar-refractivity contribution in [3.8, 4) is 12.1 Å². The molecule has 4 rings (SSSR count). The molecule has 0 radical (unpaired) electrons. The number of anilines is 1. The Balaban J connectivity index is 1.19. The number of benzene rings is 1. The summed E-state index contributed by atoms with van der Waals surface area (Å²) in [5.74, 6) is -0.340. The molecule has 54 heavy (non-hydrogen) atoms. The fourth-order valence-electron chi connectivity index (χ4n) is 6.56. The predicted molar refractivity (Wildman–Crippen MR) is 201 cm³/mol. The van der Waals surface area contributed by atoms with E-state index in [4.69, 9.17) is 34.3 Å². The zero-order valence-corrected chi connectivity index (χ0v) is 32.4. The molecule has 2 aromatic heterocycles. The summed E-state index contributed by atoms with van der Waals surface area (Å²) in [6.45, 7) is 1.93. The van der Waals surface area contributed by atoms with Gasteiger partial charge < -0.3 is 24.8 Å². The van der Waals surface area contributed by atoms with Crippen LogP contribution in [0.15, 0.2) is 36.7 Å². The van der Waals surface area contributed by atoms with E-state index in [1.807, 2.05) is 6.07 Å². The third-order valence-electron chi connectivity index (χ3n) is 9.71. The number of phosphoric acid groups is 1. The Morgan fingerprint density at radius 2 is 1.70 bits per heavy atom. The molecule has 13 nitrogen and oxygen atoms in total. The van der Waals surface area contributed by atoms with Gasteiger partial charge in [0.05, 0.1) is 49.9 Å². The van der Waals surface area contributed by atoms with Crippen LogP contribution in [0.2, 0.25) is 0 Å². The van der Waals surface area contributed by atoms with Crippen molar-refractivity contribution in [2.75, 3.05) is 32.2 Å². The van der Waals surface area contributed by atoms with Crippen molar-refractivity contribution in [3.63, 3.8) is 0 Å². The van der Waals surface area contributed by atoms with Crippen molar-refractivity contribution in [2.45, 2.75) is 134 Å². The summed E-state index contributed by atoms with van der Waals surface area (Å²) in [7, 11) is -4.60. The summed E-state index contributed by atoms with van der Waals surface area (Å²) in [6, 6.07) is 11.6. The van der Waals surface area contributed by atoms with Crippen molar-refractivity contribution in [1.29, 1.82) is 10.5 Å². The Bertz CT molecular complexity index is 1710. The molecule has 0 aliphatic carbocycles. The number of unbranched alkanes of at least 4 members (excludes halogenated alkanes) is 13. The van der Waals surface area contributed by atoms with Crippen LogP contribution in [0.5, 0.6) is 0 Å². The Morgan fingerprint density at radius 1 is 1.02 bits per heavy atom. The molecule has 3 heterocycles. The first-order valence-corrected chi connectivity index (χ1v) is 20.9. The average molecular weight is 771 g/mol. The maximum absolute atomic E-state index is 14.5. The van der Waals surface area contributed by atoms with Crippen LogP contribution in [-0.2, 0) is 40.0 Å². The summed E-state index contributed by atoms with van der Waals surface area (Å²) in [4.78, 5) is 14.5. The molecule has 0 bridgehead atoms. The normalized spacial score (nSPS) is 18.7. The monoisotopic (exact) mass is 770 g/mol. The van der Waals surface area contributed by atoms with Gasteiger partial charge in [-0.15, -0.1) is 0 Å². The number of ether oxygens (including phenoxy) is 3. The number of nitriles is 2. The minimum atomic E-state index is -4.60. The quantitative estimate of drug-likeness (QED) is 0.0557. The number of rotatable bonds is 27. The molecule has 4 atom stereocenters. The standard InChI is InChI=1S/C39H56FN6O7P/c1-2-3-4-5-6-7-8-9-10-11-12-13-14-15-22-49-26-34(50-25-32-17-16-31(24-41)23-35(32)40)28-52-54(47,48)51-27-33-20-21-39(29-42,53-33)37-19-18-36-38(43)44-30-45-46(36)37/h16-19,23,30,33-34H,2-15,20-22,25-28H2,1H3,(H,47,48)(H2,43,44,45)/t33-,34+,39-/m0/s1. The number of aromatic nitrogens is 3. The van der Waals surface area contributed by atoms with Crippen molar-refractivity contribution < 1.29 is 37.1 Å². The van der Waals surface area contributed by atoms with E-state index in [9.17, 15) is 19.1 Å². The SMILES string of the molecule is CCCCCCCCCCCCCCCCOC[C@H](COP(=O)(O)OC[C@@H]1CC[C@](C#N)(c2ccc3c(N)ncnn23)O1)OCc1ccc(C#N)cc1F. The molecule has 1 fully saturated rings. The first-order valence-electron chi connectivity index (χ1n) is 19.4. The summed E-state index contributed by atoms with van der Waals surface area (Å²) >= 11 is 0. The van der Waals surface area contributed by atoms with Gasteiger partial charge in [0, 0.05) is 12.2 Å². The summed E-state index contributed by atoms with van der Waals surface area (Å²) in [5.41, 5.74) is 5.98. The highest BCUT2D eigenvalue weighted by Crippen LogP contribution is 2.46. The zero-order valence-electron chi connectivity index (χ0n) is 31.5. The second kappa shape index (κ2) is 22.8. The van der Waals surface area contributed by atoms with E-state index in [1.165, 1.54) is 93.6 Å². The van der Waals surface area contributed by atoms with Gasteiger partial charge in [-0.1, -0.05) is 96.5 Å². The van der Waals surface area contributed by atoms with Gasteiger partial charge in [-0.05, 0) is 43.5 Å². The van der Waals surface area contributed by atoms with Crippen molar-refractivity contribution in [1.82, 2.24) is 14.6 Å². The lowest BCUT2D eigenvalue weighted by atomic mass is 9.98. The number of phosphoric ester groups is 1. The second-order valence-corrected chi connectivity index (χ2v) is 15.4. The topological polar surface area (TPSA) is 187 Å². The Kier molecular flexibility index (Phi) is 18.3. The molecule has 3 aromatic rings. The van der Waals surface area contributed by atoms with Crippen LogP contribution in [0.3, 0.4) is 0 Å². The Morgan fingerprint density at radius 3 is 2.35 bits per heavy atom. The first-order chi connectivity index (χ1) is 26.2. The van der Waals surface area contributed by atoms with Gasteiger partial charge in [-0.3, -0.25) is 9.05 Å². The molecule has 3 N–H and O–H groups in total. The molecular weight excluding hydrogens is 714 g/mol. The zero-order chi connectivity index (χ0) is 38.7. The van der Waals surface area contributed by atoms with Gasteiger partial charge in [0.1, 0.15) is 29.8 Å². The lowest BCUT2D eigenvalue weighted by Crippen LogP contribution is -2.28. The minimum absolute atomic E-state index is 0.0477. The highest BCUT2D eigenvalue weighted by atomic mass is 31.2. The molecule has 1 unspecified atom stereocenters. The van der Waals surface area contributed by atoms with Crippen molar-refractivity contribution in [3.05, 3.63) is 59.3 Å². The molecular formula is C39H56FN6O7P. The van der Waals surface area contributed by atoms with E-state index >= 15 is 0 Å². The molecule has 296 valence electrons. The Labute approximate surface area is 318 Å². The lowest BCUT2D eigenvalue weighted by Gasteiger charge is -2.23. The molecule has 1 aliphatic heterocycles. The second-order valence-electron chi connectivity index (χ2n) is 14.0. The number of nitrogens with zero attached hydrogens (tertiary/aromatic N) is 5. The van der Waals surface area contributed by atoms with Gasteiger partial charge in [0.15, 0.2) is 11.4 Å².